The summed E-state index contributed by atoms with van der Waals surface area (Å²) >= 11 is 0. The average molecular weight is 395 g/mol. The number of esters is 1. The molecule has 2 aromatic rings. The molecule has 6 heteroatoms. The maximum atomic E-state index is 12.7. The number of nitrogens with one attached hydrogen (secondary N) is 1. The van der Waals surface area contributed by atoms with Gasteiger partial charge in [-0.15, -0.1) is 0 Å². The van der Waals surface area contributed by atoms with Gasteiger partial charge in [0, 0.05) is 5.92 Å². The highest BCUT2D eigenvalue weighted by atomic mass is 16.5. The van der Waals surface area contributed by atoms with Gasteiger partial charge >= 0.3 is 5.97 Å². The van der Waals surface area contributed by atoms with Gasteiger partial charge in [0.15, 0.2) is 0 Å². The van der Waals surface area contributed by atoms with E-state index in [-0.39, 0.29) is 18.4 Å². The van der Waals surface area contributed by atoms with Crippen molar-refractivity contribution in [3.63, 3.8) is 0 Å². The number of carbonyl (C=O) groups is 3. The molecule has 6 nitrogen and oxygen atoms in total. The van der Waals surface area contributed by atoms with Crippen molar-refractivity contribution in [2.45, 2.75) is 38.8 Å². The van der Waals surface area contributed by atoms with Gasteiger partial charge in [0.1, 0.15) is 18.4 Å². The third-order valence-electron chi connectivity index (χ3n) is 4.94. The third kappa shape index (κ3) is 5.44. The molecule has 152 valence electrons. The standard InChI is InChI=1S/C23H25NO5/c1-2-28-23(27)21(25)20(24-22(26)17-10-6-11-17)18-12-7-13-19(14-18)29-15-16-8-4-3-5-9-16/h3-5,7-9,12-14,17,20H,2,6,10-11,15H2,1H3,(H,24,26). The van der Waals surface area contributed by atoms with Crippen molar-refractivity contribution in [2.75, 3.05) is 6.61 Å². The fraction of sp³-hybridized carbons (Fsp3) is 0.348. The van der Waals surface area contributed by atoms with Gasteiger partial charge in [-0.3, -0.25) is 9.59 Å². The van der Waals surface area contributed by atoms with Crippen molar-refractivity contribution in [3.05, 3.63) is 65.7 Å². The number of hydrogen-bond acceptors (Lipinski definition) is 5. The van der Waals surface area contributed by atoms with Gasteiger partial charge in [0.05, 0.1) is 6.61 Å². The molecule has 29 heavy (non-hydrogen) atoms. The lowest BCUT2D eigenvalue weighted by atomic mass is 9.84. The number of benzene rings is 2. The molecule has 3 rings (SSSR count). The van der Waals surface area contributed by atoms with Gasteiger partial charge in [-0.1, -0.05) is 48.9 Å². The van der Waals surface area contributed by atoms with Crippen LogP contribution in [-0.4, -0.2) is 24.3 Å². The first-order valence-corrected chi connectivity index (χ1v) is 9.86. The van der Waals surface area contributed by atoms with Crippen molar-refractivity contribution in [2.24, 2.45) is 5.92 Å². The minimum atomic E-state index is -1.09. The molecule has 1 fully saturated rings. The SMILES string of the molecule is CCOC(=O)C(=O)C(NC(=O)C1CCC1)c1cccc(OCc2ccccc2)c1. The first-order valence-electron chi connectivity index (χ1n) is 9.86. The summed E-state index contributed by atoms with van der Waals surface area (Å²) in [5, 5.41) is 2.73. The van der Waals surface area contributed by atoms with Gasteiger partial charge in [-0.25, -0.2) is 4.79 Å². The highest BCUT2D eigenvalue weighted by Gasteiger charge is 2.33. The molecule has 1 N–H and O–H groups in total. The minimum absolute atomic E-state index is 0.0914. The molecule has 2 aromatic carbocycles. The molecule has 1 aliphatic carbocycles. The van der Waals surface area contributed by atoms with Gasteiger partial charge in [0.2, 0.25) is 5.91 Å². The average Bonchev–Trinajstić information content (AvgIpc) is 2.70. The normalized spacial score (nSPS) is 14.4. The van der Waals surface area contributed by atoms with Crippen LogP contribution in [0.5, 0.6) is 5.75 Å². The second kappa shape index (κ2) is 9.87. The van der Waals surface area contributed by atoms with Crippen LogP contribution in [0.3, 0.4) is 0 Å². The Morgan fingerprint density at radius 1 is 1.07 bits per heavy atom. The number of amides is 1. The molecule has 1 amide bonds. The minimum Gasteiger partial charge on any atom is -0.489 e. The summed E-state index contributed by atoms with van der Waals surface area (Å²) in [5.74, 6) is -1.52. The lowest BCUT2D eigenvalue weighted by molar-refractivity contribution is -0.155. The van der Waals surface area contributed by atoms with E-state index in [0.29, 0.717) is 17.9 Å². The summed E-state index contributed by atoms with van der Waals surface area (Å²) in [5.41, 5.74) is 1.50. The first-order chi connectivity index (χ1) is 14.1. The van der Waals surface area contributed by atoms with Crippen LogP contribution in [-0.2, 0) is 25.7 Å². The van der Waals surface area contributed by atoms with Crippen LogP contribution in [0, 0.1) is 5.92 Å². The Morgan fingerprint density at radius 3 is 2.48 bits per heavy atom. The zero-order valence-corrected chi connectivity index (χ0v) is 16.4. The summed E-state index contributed by atoms with van der Waals surface area (Å²) in [4.78, 5) is 37.1. The van der Waals surface area contributed by atoms with Crippen molar-refractivity contribution in [3.8, 4) is 5.75 Å². The Morgan fingerprint density at radius 2 is 1.83 bits per heavy atom. The lowest BCUT2D eigenvalue weighted by Gasteiger charge is -2.27. The maximum absolute atomic E-state index is 12.7. The van der Waals surface area contributed by atoms with Crippen LogP contribution >= 0.6 is 0 Å². The fourth-order valence-corrected chi connectivity index (χ4v) is 3.08. The largest absolute Gasteiger partial charge is 0.489 e. The molecule has 1 atom stereocenters. The smallest absolute Gasteiger partial charge is 0.377 e. The number of Topliss-reactive ketones (excluding diaryl/α,β-unsaturated/α-hetero) is 1. The molecule has 1 unspecified atom stereocenters. The van der Waals surface area contributed by atoms with E-state index in [9.17, 15) is 14.4 Å². The van der Waals surface area contributed by atoms with Gasteiger partial charge in [0.25, 0.3) is 5.78 Å². The predicted octanol–water partition coefficient (Wildman–Crippen LogP) is 3.36. The van der Waals surface area contributed by atoms with Crippen LogP contribution in [0.25, 0.3) is 0 Å². The third-order valence-corrected chi connectivity index (χ3v) is 4.94. The quantitative estimate of drug-likeness (QED) is 0.520. The van der Waals surface area contributed by atoms with Gasteiger partial charge in [-0.2, -0.15) is 0 Å². The van der Waals surface area contributed by atoms with Gasteiger partial charge in [-0.05, 0) is 43.0 Å². The summed E-state index contributed by atoms with van der Waals surface area (Å²) in [7, 11) is 0. The molecule has 0 bridgehead atoms. The molecule has 0 heterocycles. The highest BCUT2D eigenvalue weighted by Crippen LogP contribution is 2.28. The van der Waals surface area contributed by atoms with E-state index >= 15 is 0 Å². The number of hydrogen-bond donors (Lipinski definition) is 1. The Kier molecular flexibility index (Phi) is 7.00. The van der Waals surface area contributed by atoms with E-state index in [4.69, 9.17) is 9.47 Å². The van der Waals surface area contributed by atoms with E-state index < -0.39 is 17.8 Å². The van der Waals surface area contributed by atoms with Crippen LogP contribution in [0.1, 0.15) is 43.4 Å². The topological polar surface area (TPSA) is 81.7 Å². The van der Waals surface area contributed by atoms with Crippen LogP contribution in [0.2, 0.25) is 0 Å². The van der Waals surface area contributed by atoms with Crippen LogP contribution < -0.4 is 10.1 Å². The summed E-state index contributed by atoms with van der Waals surface area (Å²) in [6.45, 7) is 2.09. The summed E-state index contributed by atoms with van der Waals surface area (Å²) in [6, 6.07) is 15.5. The molecular formula is C23H25NO5. The predicted molar refractivity (Wildman–Crippen MR) is 107 cm³/mol. The van der Waals surface area contributed by atoms with E-state index in [1.807, 2.05) is 30.3 Å². The van der Waals surface area contributed by atoms with E-state index in [2.05, 4.69) is 5.32 Å². The first kappa shape index (κ1) is 20.6. The molecule has 0 spiro atoms. The zero-order valence-electron chi connectivity index (χ0n) is 16.4. The van der Waals surface area contributed by atoms with Crippen molar-refractivity contribution in [1.82, 2.24) is 5.32 Å². The molecule has 1 saturated carbocycles. The van der Waals surface area contributed by atoms with Crippen molar-refractivity contribution in [1.29, 1.82) is 0 Å². The van der Waals surface area contributed by atoms with Crippen molar-refractivity contribution < 1.29 is 23.9 Å². The fourth-order valence-electron chi connectivity index (χ4n) is 3.08. The second-order valence-corrected chi connectivity index (χ2v) is 7.00. The van der Waals surface area contributed by atoms with E-state index in [1.165, 1.54) is 0 Å². The number of ketones is 1. The Balaban J connectivity index is 1.77. The Bertz CT molecular complexity index is 861. The van der Waals surface area contributed by atoms with Crippen molar-refractivity contribution >= 4 is 17.7 Å². The van der Waals surface area contributed by atoms with Crippen LogP contribution in [0.4, 0.5) is 0 Å². The number of ether oxygens (including phenoxy) is 2. The molecular weight excluding hydrogens is 370 g/mol. The summed E-state index contributed by atoms with van der Waals surface area (Å²) in [6.07, 6.45) is 2.59. The van der Waals surface area contributed by atoms with Crippen LogP contribution in [0.15, 0.2) is 54.6 Å². The highest BCUT2D eigenvalue weighted by molar-refractivity contribution is 6.36. The Labute approximate surface area is 170 Å². The number of carbonyl (C=O) groups excluding carboxylic acids is 3. The van der Waals surface area contributed by atoms with E-state index in [1.54, 1.807) is 31.2 Å². The molecule has 0 aromatic heterocycles. The van der Waals surface area contributed by atoms with E-state index in [0.717, 1.165) is 24.8 Å². The monoisotopic (exact) mass is 395 g/mol. The van der Waals surface area contributed by atoms with Gasteiger partial charge < -0.3 is 14.8 Å². The molecule has 0 saturated heterocycles. The molecule has 0 radical (unpaired) electrons. The molecule has 0 aliphatic heterocycles. The lowest BCUT2D eigenvalue weighted by Crippen LogP contribution is -2.42. The number of rotatable bonds is 9. The summed E-state index contributed by atoms with van der Waals surface area (Å²) < 4.78 is 10.7. The second-order valence-electron chi connectivity index (χ2n) is 7.00. The zero-order chi connectivity index (χ0) is 20.6. The maximum Gasteiger partial charge on any atom is 0.377 e. The molecule has 1 aliphatic rings. The Hall–Kier alpha value is -3.15.